The van der Waals surface area contributed by atoms with Crippen LogP contribution in [0, 0.1) is 23.2 Å². The maximum absolute atomic E-state index is 13.0. The lowest BCUT2D eigenvalue weighted by atomic mass is 9.69. The van der Waals surface area contributed by atoms with Crippen LogP contribution in [0.5, 0.6) is 0 Å². The minimum Gasteiger partial charge on any atom is -0.481 e. The smallest absolute Gasteiger partial charge is 0.336 e. The first-order valence-electron chi connectivity index (χ1n) is 9.56. The molecule has 8 nitrogen and oxygen atoms in total. The van der Waals surface area contributed by atoms with Crippen molar-refractivity contribution in [3.8, 4) is 0 Å². The molecule has 0 aromatic carbocycles. The fourth-order valence-corrected chi connectivity index (χ4v) is 3.79. The molecule has 0 aliphatic heterocycles. The molecule has 1 atom stereocenters. The molecule has 0 saturated heterocycles. The highest BCUT2D eigenvalue weighted by molar-refractivity contribution is 5.93. The average molecular weight is 402 g/mol. The first-order valence-corrected chi connectivity index (χ1v) is 9.56. The first-order chi connectivity index (χ1) is 12.6. The van der Waals surface area contributed by atoms with E-state index in [-0.39, 0.29) is 17.8 Å². The van der Waals surface area contributed by atoms with Gasteiger partial charge >= 0.3 is 23.9 Å². The Hall–Kier alpha value is -1.96. The van der Waals surface area contributed by atoms with Crippen molar-refractivity contribution < 1.29 is 39.2 Å². The van der Waals surface area contributed by atoms with Crippen LogP contribution in [0.4, 0.5) is 0 Å². The number of carbonyl (C=O) groups is 4. The molecule has 0 saturated carbocycles. The summed E-state index contributed by atoms with van der Waals surface area (Å²) < 4.78 is 4.95. The van der Waals surface area contributed by atoms with Gasteiger partial charge in [0.05, 0.1) is 18.3 Å². The van der Waals surface area contributed by atoms with E-state index in [1.807, 2.05) is 41.5 Å². The van der Waals surface area contributed by atoms with Gasteiger partial charge in [-0.05, 0) is 37.0 Å². The zero-order valence-electron chi connectivity index (χ0n) is 17.7. The third-order valence-corrected chi connectivity index (χ3v) is 4.32. The van der Waals surface area contributed by atoms with Crippen molar-refractivity contribution in [3.05, 3.63) is 0 Å². The number of ether oxygens (including phenoxy) is 1. The molecule has 8 heteroatoms. The normalized spacial score (nSPS) is 14.2. The maximum atomic E-state index is 13.0. The summed E-state index contributed by atoms with van der Waals surface area (Å²) in [6.45, 7) is 11.8. The zero-order valence-corrected chi connectivity index (χ0v) is 17.7. The van der Waals surface area contributed by atoms with Crippen molar-refractivity contribution >= 4 is 23.9 Å². The van der Waals surface area contributed by atoms with Gasteiger partial charge in [0.25, 0.3) is 0 Å². The van der Waals surface area contributed by atoms with Crippen LogP contribution in [0.25, 0.3) is 0 Å². The fraction of sp³-hybridized carbons (Fsp3) is 0.800. The third-order valence-electron chi connectivity index (χ3n) is 4.32. The number of carboxylic acid groups (broad SMARTS) is 2. The monoisotopic (exact) mass is 402 g/mol. The SMILES string of the molecule is CC(C)CC(CC(C)C)(CC(C)C)C(=O)OC(=O)CC(O)(CC(=O)O)C(=O)O. The lowest BCUT2D eigenvalue weighted by Gasteiger charge is -2.36. The predicted molar refractivity (Wildman–Crippen MR) is 101 cm³/mol. The molecule has 0 heterocycles. The average Bonchev–Trinajstić information content (AvgIpc) is 2.42. The number of hydrogen-bond donors (Lipinski definition) is 3. The second kappa shape index (κ2) is 10.5. The summed E-state index contributed by atoms with van der Waals surface area (Å²) in [5, 5.41) is 27.8. The molecular weight excluding hydrogens is 368 g/mol. The number of carbonyl (C=O) groups excluding carboxylic acids is 2. The Bertz CT molecular complexity index is 552. The molecule has 0 radical (unpaired) electrons. The van der Waals surface area contributed by atoms with E-state index >= 15 is 0 Å². The Balaban J connectivity index is 5.61. The molecule has 0 spiro atoms. The summed E-state index contributed by atoms with van der Waals surface area (Å²) >= 11 is 0. The molecule has 0 aliphatic rings. The van der Waals surface area contributed by atoms with Crippen LogP contribution >= 0.6 is 0 Å². The minimum atomic E-state index is -2.83. The van der Waals surface area contributed by atoms with Gasteiger partial charge in [-0.1, -0.05) is 41.5 Å². The van der Waals surface area contributed by atoms with Crippen LogP contribution in [0.2, 0.25) is 0 Å². The second-order valence-electron chi connectivity index (χ2n) is 8.92. The van der Waals surface area contributed by atoms with E-state index in [9.17, 15) is 24.3 Å². The second-order valence-corrected chi connectivity index (χ2v) is 8.92. The van der Waals surface area contributed by atoms with E-state index in [0.29, 0.717) is 19.3 Å². The number of carboxylic acids is 2. The third kappa shape index (κ3) is 8.37. The maximum Gasteiger partial charge on any atom is 0.336 e. The van der Waals surface area contributed by atoms with Crippen molar-refractivity contribution in [1.82, 2.24) is 0 Å². The van der Waals surface area contributed by atoms with Gasteiger partial charge in [-0.3, -0.25) is 14.4 Å². The summed E-state index contributed by atoms with van der Waals surface area (Å²) in [5.41, 5.74) is -3.75. The highest BCUT2D eigenvalue weighted by Gasteiger charge is 2.45. The molecule has 0 amide bonds. The Kier molecular flexibility index (Phi) is 9.81. The summed E-state index contributed by atoms with van der Waals surface area (Å²) in [5.74, 6) is -4.99. The Labute approximate surface area is 166 Å². The van der Waals surface area contributed by atoms with Crippen LogP contribution in [-0.2, 0) is 23.9 Å². The summed E-state index contributed by atoms with van der Waals surface area (Å²) in [4.78, 5) is 47.2. The van der Waals surface area contributed by atoms with Crippen LogP contribution in [0.3, 0.4) is 0 Å². The Morgan fingerprint density at radius 2 is 1.18 bits per heavy atom. The highest BCUT2D eigenvalue weighted by atomic mass is 16.6. The molecular formula is C20H34O8. The largest absolute Gasteiger partial charge is 0.481 e. The molecule has 0 aromatic heterocycles. The number of aliphatic hydroxyl groups is 1. The van der Waals surface area contributed by atoms with Crippen molar-refractivity contribution in [2.45, 2.75) is 79.2 Å². The van der Waals surface area contributed by atoms with E-state index < -0.39 is 47.7 Å². The van der Waals surface area contributed by atoms with Gasteiger partial charge < -0.3 is 20.1 Å². The van der Waals surface area contributed by atoms with Gasteiger partial charge in [0.15, 0.2) is 5.60 Å². The lowest BCUT2D eigenvalue weighted by molar-refractivity contribution is -0.179. The van der Waals surface area contributed by atoms with E-state index in [2.05, 4.69) is 0 Å². The van der Waals surface area contributed by atoms with Gasteiger partial charge in [-0.15, -0.1) is 0 Å². The molecule has 0 rings (SSSR count). The quantitative estimate of drug-likeness (QED) is 0.334. The van der Waals surface area contributed by atoms with Crippen molar-refractivity contribution in [2.75, 3.05) is 0 Å². The molecule has 162 valence electrons. The van der Waals surface area contributed by atoms with Gasteiger partial charge in [-0.25, -0.2) is 4.79 Å². The standard InChI is InChI=1S/C20H34O8/c1-12(2)7-19(8-13(3)4,9-14(5)6)18(26)28-16(23)11-20(27,17(24)25)10-15(21)22/h12-14,27H,7-11H2,1-6H3,(H,21,22)(H,24,25). The Morgan fingerprint density at radius 1 is 0.786 bits per heavy atom. The molecule has 0 bridgehead atoms. The van der Waals surface area contributed by atoms with E-state index in [0.717, 1.165) is 0 Å². The van der Waals surface area contributed by atoms with Gasteiger partial charge in [-0.2, -0.15) is 0 Å². The van der Waals surface area contributed by atoms with Crippen molar-refractivity contribution in [2.24, 2.45) is 23.2 Å². The van der Waals surface area contributed by atoms with Gasteiger partial charge in [0.2, 0.25) is 0 Å². The zero-order chi connectivity index (χ0) is 22.3. The van der Waals surface area contributed by atoms with Crippen molar-refractivity contribution in [3.63, 3.8) is 0 Å². The van der Waals surface area contributed by atoms with Crippen molar-refractivity contribution in [1.29, 1.82) is 0 Å². The first kappa shape index (κ1) is 26.0. The summed E-state index contributed by atoms with van der Waals surface area (Å²) in [6.07, 6.45) is -0.822. The molecule has 0 aliphatic carbocycles. The van der Waals surface area contributed by atoms with Gasteiger partial charge in [0.1, 0.15) is 0 Å². The predicted octanol–water partition coefficient (Wildman–Crippen LogP) is 2.86. The fourth-order valence-electron chi connectivity index (χ4n) is 3.79. The molecule has 3 N–H and O–H groups in total. The number of hydrogen-bond acceptors (Lipinski definition) is 6. The van der Waals surface area contributed by atoms with E-state index in [4.69, 9.17) is 14.9 Å². The summed E-state index contributed by atoms with van der Waals surface area (Å²) in [7, 11) is 0. The van der Waals surface area contributed by atoms with Crippen LogP contribution in [-0.4, -0.2) is 44.8 Å². The minimum absolute atomic E-state index is 0.156. The molecule has 0 aromatic rings. The Morgan fingerprint density at radius 3 is 1.46 bits per heavy atom. The number of rotatable bonds is 12. The van der Waals surface area contributed by atoms with Gasteiger partial charge in [0, 0.05) is 0 Å². The number of esters is 2. The molecule has 1 unspecified atom stereocenters. The van der Waals surface area contributed by atoms with E-state index in [1.54, 1.807) is 0 Å². The molecule has 0 fully saturated rings. The lowest BCUT2D eigenvalue weighted by Crippen LogP contribution is -2.44. The molecule has 28 heavy (non-hydrogen) atoms. The van der Waals surface area contributed by atoms with Crippen LogP contribution in [0.1, 0.15) is 73.6 Å². The topological polar surface area (TPSA) is 138 Å². The van der Waals surface area contributed by atoms with E-state index in [1.165, 1.54) is 0 Å². The highest BCUT2D eigenvalue weighted by Crippen LogP contribution is 2.41. The van der Waals surface area contributed by atoms with Crippen LogP contribution < -0.4 is 0 Å². The van der Waals surface area contributed by atoms with Crippen LogP contribution in [0.15, 0.2) is 0 Å². The summed E-state index contributed by atoms with van der Waals surface area (Å²) in [6, 6.07) is 0. The number of aliphatic carboxylic acids is 2.